The topological polar surface area (TPSA) is 85.1 Å². The minimum Gasteiger partial charge on any atom is -0.394 e. The zero-order valence-corrected chi connectivity index (χ0v) is 12.8. The molecule has 0 aliphatic carbocycles. The van der Waals surface area contributed by atoms with Crippen LogP contribution in [0.5, 0.6) is 0 Å². The third-order valence-electron chi connectivity index (χ3n) is 3.47. The van der Waals surface area contributed by atoms with Crippen LogP contribution in [0.25, 0.3) is 0 Å². The number of nitrogens with one attached hydrogen (secondary N) is 1. The smallest absolute Gasteiger partial charge is 0.103 e. The van der Waals surface area contributed by atoms with Crippen molar-refractivity contribution in [3.8, 4) is 0 Å². The molecular weight excluding hydrogens is 292 g/mol. The van der Waals surface area contributed by atoms with Gasteiger partial charge in [0.05, 0.1) is 18.4 Å². The molecule has 122 valence electrons. The van der Waals surface area contributed by atoms with E-state index in [9.17, 15) is 10.2 Å². The monoisotopic (exact) mass is 314 g/mol. The molecule has 0 aliphatic rings. The van der Waals surface area contributed by atoms with E-state index in [4.69, 9.17) is 5.11 Å². The van der Waals surface area contributed by atoms with Gasteiger partial charge in [-0.05, 0) is 29.7 Å². The summed E-state index contributed by atoms with van der Waals surface area (Å²) < 4.78 is 0. The third-order valence-corrected chi connectivity index (χ3v) is 3.47. The number of hydrogen-bond donors (Lipinski definition) is 4. The maximum Gasteiger partial charge on any atom is 0.103 e. The lowest BCUT2D eigenvalue weighted by atomic mass is 10.1. The molecule has 0 saturated heterocycles. The van der Waals surface area contributed by atoms with Gasteiger partial charge in [0, 0.05) is 12.6 Å². The molecule has 0 spiro atoms. The molecule has 2 atom stereocenters. The van der Waals surface area contributed by atoms with Gasteiger partial charge in [0.1, 0.15) is 6.10 Å². The van der Waals surface area contributed by atoms with Crippen molar-refractivity contribution in [3.63, 3.8) is 0 Å². The fourth-order valence-electron chi connectivity index (χ4n) is 2.09. The number of aliphatic hydroxyl groups excluding tert-OH is 3. The molecule has 2 aromatic carbocycles. The van der Waals surface area contributed by atoms with E-state index in [1.807, 2.05) is 42.5 Å². The summed E-state index contributed by atoms with van der Waals surface area (Å²) in [6.45, 7) is -0.467. The van der Waals surface area contributed by atoms with E-state index in [0.717, 1.165) is 12.1 Å². The summed E-state index contributed by atoms with van der Waals surface area (Å²) in [5, 5.41) is 31.4. The Balaban J connectivity index is 1.81. The summed E-state index contributed by atoms with van der Waals surface area (Å²) in [5.41, 5.74) is 6.19. The predicted molar refractivity (Wildman–Crippen MR) is 91.5 cm³/mol. The van der Waals surface area contributed by atoms with Gasteiger partial charge in [-0.15, -0.1) is 0 Å². The highest BCUT2D eigenvalue weighted by Crippen LogP contribution is 2.13. The van der Waals surface area contributed by atoms with Crippen molar-refractivity contribution in [2.75, 3.05) is 12.0 Å². The van der Waals surface area contributed by atoms with Crippen LogP contribution >= 0.6 is 0 Å². The number of hydrogen-bond acceptors (Lipinski definition) is 5. The number of aliphatic hydroxyl groups is 3. The molecule has 0 fully saturated rings. The van der Waals surface area contributed by atoms with Crippen molar-refractivity contribution >= 4 is 11.9 Å². The van der Waals surface area contributed by atoms with E-state index in [1.54, 1.807) is 0 Å². The van der Waals surface area contributed by atoms with Crippen molar-refractivity contribution in [2.45, 2.75) is 25.0 Å². The van der Waals surface area contributed by atoms with E-state index in [-0.39, 0.29) is 6.42 Å². The largest absolute Gasteiger partial charge is 0.394 e. The SMILES string of the molecule is OCC(O)C(O)C/C=N/Nc1ccc(Cc2ccccc2)cc1. The second-order valence-corrected chi connectivity index (χ2v) is 5.34. The average Bonchev–Trinajstić information content (AvgIpc) is 2.60. The first-order chi connectivity index (χ1) is 11.2. The molecule has 0 bridgehead atoms. The van der Waals surface area contributed by atoms with Gasteiger partial charge >= 0.3 is 0 Å². The molecule has 0 saturated carbocycles. The first kappa shape index (κ1) is 17.1. The molecular formula is C18H22N2O3. The summed E-state index contributed by atoms with van der Waals surface area (Å²) >= 11 is 0. The van der Waals surface area contributed by atoms with Crippen LogP contribution in [0.15, 0.2) is 59.7 Å². The summed E-state index contributed by atoms with van der Waals surface area (Å²) in [4.78, 5) is 0. The van der Waals surface area contributed by atoms with E-state index in [1.165, 1.54) is 17.3 Å². The Morgan fingerprint density at radius 1 is 0.913 bits per heavy atom. The second kappa shape index (κ2) is 9.05. The highest BCUT2D eigenvalue weighted by Gasteiger charge is 2.13. The number of nitrogens with zero attached hydrogens (tertiary/aromatic N) is 1. The molecule has 0 aliphatic heterocycles. The Bertz CT molecular complexity index is 599. The molecule has 2 unspecified atom stereocenters. The van der Waals surface area contributed by atoms with Gasteiger partial charge in [-0.1, -0.05) is 42.5 Å². The first-order valence-electron chi connectivity index (χ1n) is 7.56. The Hall–Kier alpha value is -2.21. The van der Waals surface area contributed by atoms with Gasteiger partial charge < -0.3 is 15.3 Å². The number of rotatable bonds is 8. The molecule has 5 nitrogen and oxygen atoms in total. The average molecular weight is 314 g/mol. The lowest BCUT2D eigenvalue weighted by molar-refractivity contribution is -0.00945. The van der Waals surface area contributed by atoms with Gasteiger partial charge in [0.15, 0.2) is 0 Å². The first-order valence-corrected chi connectivity index (χ1v) is 7.56. The highest BCUT2D eigenvalue weighted by atomic mass is 16.4. The fraction of sp³-hybridized carbons (Fsp3) is 0.278. The summed E-state index contributed by atoms with van der Waals surface area (Å²) in [6.07, 6.45) is 0.371. The van der Waals surface area contributed by atoms with E-state index in [0.29, 0.717) is 0 Å². The van der Waals surface area contributed by atoms with E-state index in [2.05, 4.69) is 22.7 Å². The van der Waals surface area contributed by atoms with Crippen molar-refractivity contribution in [1.29, 1.82) is 0 Å². The molecule has 23 heavy (non-hydrogen) atoms. The van der Waals surface area contributed by atoms with Crippen LogP contribution in [0.2, 0.25) is 0 Å². The third kappa shape index (κ3) is 5.83. The van der Waals surface area contributed by atoms with Gasteiger partial charge in [-0.3, -0.25) is 5.43 Å². The van der Waals surface area contributed by atoms with Crippen molar-refractivity contribution < 1.29 is 15.3 Å². The van der Waals surface area contributed by atoms with Crippen molar-refractivity contribution in [1.82, 2.24) is 0 Å². The lowest BCUT2D eigenvalue weighted by Crippen LogP contribution is -2.29. The summed E-state index contributed by atoms with van der Waals surface area (Å²) in [5.74, 6) is 0. The van der Waals surface area contributed by atoms with Gasteiger partial charge in [-0.2, -0.15) is 5.10 Å². The fourth-order valence-corrected chi connectivity index (χ4v) is 2.09. The Morgan fingerprint density at radius 2 is 1.57 bits per heavy atom. The van der Waals surface area contributed by atoms with Crippen LogP contribution in [-0.2, 0) is 6.42 Å². The highest BCUT2D eigenvalue weighted by molar-refractivity contribution is 5.60. The molecule has 0 radical (unpaired) electrons. The van der Waals surface area contributed by atoms with Crippen LogP contribution in [0.4, 0.5) is 5.69 Å². The maximum atomic E-state index is 9.46. The van der Waals surface area contributed by atoms with Crippen LogP contribution in [0.1, 0.15) is 17.5 Å². The molecule has 2 aromatic rings. The quantitative estimate of drug-likeness (QED) is 0.442. The zero-order chi connectivity index (χ0) is 16.5. The minimum atomic E-state index is -1.14. The Kier molecular flexibility index (Phi) is 6.75. The number of benzene rings is 2. The standard InChI is InChI=1S/C18H22N2O3/c21-13-18(23)17(22)10-11-19-20-16-8-6-15(7-9-16)12-14-4-2-1-3-5-14/h1-9,11,17-18,20-23H,10,12-13H2/b19-11+. The molecule has 0 amide bonds. The van der Waals surface area contributed by atoms with Crippen LogP contribution < -0.4 is 5.43 Å². The zero-order valence-electron chi connectivity index (χ0n) is 12.8. The summed E-state index contributed by atoms with van der Waals surface area (Å²) in [6, 6.07) is 18.2. The van der Waals surface area contributed by atoms with E-state index < -0.39 is 18.8 Å². The summed E-state index contributed by atoms with van der Waals surface area (Å²) in [7, 11) is 0. The molecule has 0 aromatic heterocycles. The second-order valence-electron chi connectivity index (χ2n) is 5.34. The Morgan fingerprint density at radius 3 is 2.22 bits per heavy atom. The van der Waals surface area contributed by atoms with Gasteiger partial charge in [0.25, 0.3) is 0 Å². The Labute approximate surface area is 135 Å². The molecule has 2 rings (SSSR count). The van der Waals surface area contributed by atoms with Crippen molar-refractivity contribution in [3.05, 3.63) is 65.7 Å². The van der Waals surface area contributed by atoms with Crippen LogP contribution in [0.3, 0.4) is 0 Å². The lowest BCUT2D eigenvalue weighted by Gasteiger charge is -2.12. The number of anilines is 1. The maximum absolute atomic E-state index is 9.46. The van der Waals surface area contributed by atoms with Gasteiger partial charge in [0.2, 0.25) is 0 Å². The van der Waals surface area contributed by atoms with Gasteiger partial charge in [-0.25, -0.2) is 0 Å². The number of hydrazone groups is 1. The van der Waals surface area contributed by atoms with Crippen LogP contribution in [0, 0.1) is 0 Å². The molecule has 0 heterocycles. The van der Waals surface area contributed by atoms with Crippen molar-refractivity contribution in [2.24, 2.45) is 5.10 Å². The predicted octanol–water partition coefficient (Wildman–Crippen LogP) is 1.78. The van der Waals surface area contributed by atoms with Crippen LogP contribution in [-0.4, -0.2) is 40.3 Å². The van der Waals surface area contributed by atoms with E-state index >= 15 is 0 Å². The minimum absolute atomic E-state index is 0.167. The molecule has 5 heteroatoms. The normalized spacial score (nSPS) is 13.9. The molecule has 4 N–H and O–H groups in total.